The Bertz CT molecular complexity index is 1030. The van der Waals surface area contributed by atoms with E-state index < -0.39 is 24.1 Å². The predicted molar refractivity (Wildman–Crippen MR) is 142 cm³/mol. The molecule has 4 rings (SSSR count). The molecule has 216 valence electrons. The Morgan fingerprint density at radius 1 is 0.625 bits per heavy atom. The number of rotatable bonds is 12. The summed E-state index contributed by atoms with van der Waals surface area (Å²) >= 11 is 0. The van der Waals surface area contributed by atoms with E-state index in [9.17, 15) is 29.4 Å². The normalized spacial score (nSPS) is 22.6. The van der Waals surface area contributed by atoms with Crippen LogP contribution in [0.2, 0.25) is 0 Å². The van der Waals surface area contributed by atoms with Gasteiger partial charge in [0.1, 0.15) is 0 Å². The van der Waals surface area contributed by atoms with Gasteiger partial charge in [-0.3, -0.25) is 9.59 Å². The second kappa shape index (κ2) is 15.1. The summed E-state index contributed by atoms with van der Waals surface area (Å²) in [6.07, 6.45) is 1.03. The summed E-state index contributed by atoms with van der Waals surface area (Å²) in [6, 6.07) is 17.4. The SMILES string of the molecule is O=C(O)C[C@@H](O)[C@@H]1CC[C@H]1COC(=O)c1ccccc1.O=C(O)C[C@H](O)[C@@H]1CC[C@H]1COC(=O)c1ccccc1. The maximum Gasteiger partial charge on any atom is 0.338 e. The molecule has 0 aromatic heterocycles. The number of carbonyl (C=O) groups is 4. The minimum Gasteiger partial charge on any atom is -0.481 e. The molecule has 0 spiro atoms. The molecule has 40 heavy (non-hydrogen) atoms. The van der Waals surface area contributed by atoms with E-state index in [1.807, 2.05) is 12.1 Å². The van der Waals surface area contributed by atoms with Gasteiger partial charge in [-0.05, 0) is 73.6 Å². The molecule has 2 aromatic carbocycles. The van der Waals surface area contributed by atoms with Gasteiger partial charge in [0.25, 0.3) is 0 Å². The molecule has 4 N–H and O–H groups in total. The van der Waals surface area contributed by atoms with Crippen LogP contribution in [0.3, 0.4) is 0 Å². The minimum absolute atomic E-state index is 0.0528. The maximum absolute atomic E-state index is 11.8. The van der Waals surface area contributed by atoms with E-state index >= 15 is 0 Å². The first-order valence-electron chi connectivity index (χ1n) is 13.4. The lowest BCUT2D eigenvalue weighted by Crippen LogP contribution is -2.40. The highest BCUT2D eigenvalue weighted by molar-refractivity contribution is 5.89. The number of ether oxygens (including phenoxy) is 2. The van der Waals surface area contributed by atoms with E-state index in [4.69, 9.17) is 19.7 Å². The van der Waals surface area contributed by atoms with Gasteiger partial charge in [-0.1, -0.05) is 36.4 Å². The van der Waals surface area contributed by atoms with Gasteiger partial charge in [-0.15, -0.1) is 0 Å². The second-order valence-corrected chi connectivity index (χ2v) is 10.3. The fraction of sp³-hybridized carbons (Fsp3) is 0.467. The van der Waals surface area contributed by atoms with Crippen molar-refractivity contribution in [2.24, 2.45) is 23.7 Å². The van der Waals surface area contributed by atoms with E-state index in [1.165, 1.54) is 0 Å². The number of carboxylic acid groups (broad SMARTS) is 2. The molecule has 0 amide bonds. The topological polar surface area (TPSA) is 168 Å². The molecule has 2 aliphatic carbocycles. The minimum atomic E-state index is -1.01. The molecule has 0 heterocycles. The molecule has 2 aromatic rings. The number of hydrogen-bond acceptors (Lipinski definition) is 8. The Labute approximate surface area is 232 Å². The van der Waals surface area contributed by atoms with Gasteiger partial charge in [0.05, 0.1) is 49.4 Å². The zero-order chi connectivity index (χ0) is 29.1. The molecule has 10 nitrogen and oxygen atoms in total. The standard InChI is InChI=1S/2C15H18O5/c2*16-13(8-14(17)18)12-7-6-11(12)9-20-15(19)10-4-2-1-3-5-10/h2*1-5,11-13,16H,6-9H2,(H,17,18)/t11-,12+,13+;11-,12+,13-/m00/s1. The number of hydrogen-bond donors (Lipinski definition) is 4. The van der Waals surface area contributed by atoms with Crippen molar-refractivity contribution >= 4 is 23.9 Å². The maximum atomic E-state index is 11.8. The lowest BCUT2D eigenvalue weighted by Gasteiger charge is -2.38. The lowest BCUT2D eigenvalue weighted by molar-refractivity contribution is -0.142. The van der Waals surface area contributed by atoms with E-state index in [0.717, 1.165) is 25.7 Å². The van der Waals surface area contributed by atoms with Gasteiger partial charge in [-0.2, -0.15) is 0 Å². The van der Waals surface area contributed by atoms with Crippen LogP contribution in [-0.2, 0) is 19.1 Å². The Kier molecular flexibility index (Phi) is 11.6. The third-order valence-electron chi connectivity index (χ3n) is 7.58. The van der Waals surface area contributed by atoms with Crippen molar-refractivity contribution in [3.8, 4) is 0 Å². The smallest absolute Gasteiger partial charge is 0.338 e. The molecule has 0 radical (unpaired) electrons. The van der Waals surface area contributed by atoms with E-state index in [-0.39, 0.29) is 61.7 Å². The number of aliphatic carboxylic acids is 2. The first-order chi connectivity index (χ1) is 19.2. The lowest BCUT2D eigenvalue weighted by atomic mass is 9.70. The average Bonchev–Trinajstić information content (AvgIpc) is 2.87. The van der Waals surface area contributed by atoms with Crippen LogP contribution in [0.4, 0.5) is 0 Å². The summed E-state index contributed by atoms with van der Waals surface area (Å²) in [7, 11) is 0. The van der Waals surface area contributed by atoms with Crippen LogP contribution in [0.15, 0.2) is 60.7 Å². The van der Waals surface area contributed by atoms with Gasteiger partial charge in [0.2, 0.25) is 0 Å². The fourth-order valence-corrected chi connectivity index (χ4v) is 4.96. The van der Waals surface area contributed by atoms with Crippen molar-refractivity contribution in [1.82, 2.24) is 0 Å². The summed E-state index contributed by atoms with van der Waals surface area (Å²) in [5.41, 5.74) is 0.990. The van der Waals surface area contributed by atoms with Crippen LogP contribution in [0.1, 0.15) is 59.2 Å². The highest BCUT2D eigenvalue weighted by atomic mass is 16.5. The summed E-state index contributed by atoms with van der Waals surface area (Å²) in [5.74, 6) is -2.86. The molecular weight excluding hydrogens is 520 g/mol. The summed E-state index contributed by atoms with van der Waals surface area (Å²) in [6.45, 7) is 0.462. The third-order valence-corrected chi connectivity index (χ3v) is 7.58. The highest BCUT2D eigenvalue weighted by Crippen LogP contribution is 2.39. The fourth-order valence-electron chi connectivity index (χ4n) is 4.96. The van der Waals surface area contributed by atoms with Crippen LogP contribution >= 0.6 is 0 Å². The van der Waals surface area contributed by atoms with E-state index in [2.05, 4.69) is 0 Å². The Hall–Kier alpha value is -3.76. The molecule has 2 fully saturated rings. The van der Waals surface area contributed by atoms with Gasteiger partial charge in [-0.25, -0.2) is 9.59 Å². The summed E-state index contributed by atoms with van der Waals surface area (Å²) in [5, 5.41) is 36.9. The van der Waals surface area contributed by atoms with Gasteiger partial charge < -0.3 is 29.9 Å². The van der Waals surface area contributed by atoms with Crippen molar-refractivity contribution in [1.29, 1.82) is 0 Å². The molecule has 2 aliphatic rings. The number of benzene rings is 2. The van der Waals surface area contributed by atoms with Gasteiger partial charge in [0, 0.05) is 0 Å². The van der Waals surface area contributed by atoms with E-state index in [0.29, 0.717) is 11.1 Å². The first kappa shape index (κ1) is 30.8. The Balaban J connectivity index is 0.000000220. The number of aliphatic hydroxyl groups is 2. The van der Waals surface area contributed by atoms with Crippen molar-refractivity contribution in [2.45, 2.75) is 50.7 Å². The van der Waals surface area contributed by atoms with Crippen LogP contribution in [0, 0.1) is 23.7 Å². The molecule has 0 bridgehead atoms. The van der Waals surface area contributed by atoms with Crippen LogP contribution in [0.25, 0.3) is 0 Å². The average molecular weight is 557 g/mol. The zero-order valence-corrected chi connectivity index (χ0v) is 22.1. The summed E-state index contributed by atoms with van der Waals surface area (Å²) < 4.78 is 10.4. The number of carbonyl (C=O) groups excluding carboxylic acids is 2. The van der Waals surface area contributed by atoms with Crippen molar-refractivity contribution in [3.63, 3.8) is 0 Å². The van der Waals surface area contributed by atoms with Gasteiger partial charge >= 0.3 is 23.9 Å². The van der Waals surface area contributed by atoms with Gasteiger partial charge in [0.15, 0.2) is 0 Å². The van der Waals surface area contributed by atoms with Crippen LogP contribution < -0.4 is 0 Å². The quantitative estimate of drug-likeness (QED) is 0.284. The highest BCUT2D eigenvalue weighted by Gasteiger charge is 2.38. The molecule has 0 saturated heterocycles. The molecule has 0 unspecified atom stereocenters. The predicted octanol–water partition coefficient (Wildman–Crippen LogP) is 3.41. The third kappa shape index (κ3) is 9.17. The number of carboxylic acids is 2. The van der Waals surface area contributed by atoms with E-state index in [1.54, 1.807) is 48.5 Å². The van der Waals surface area contributed by atoms with Crippen molar-refractivity contribution in [3.05, 3.63) is 71.8 Å². The second-order valence-electron chi connectivity index (χ2n) is 10.3. The Morgan fingerprint density at radius 3 is 1.25 bits per heavy atom. The molecule has 6 atom stereocenters. The van der Waals surface area contributed by atoms with Crippen LogP contribution in [-0.4, -0.2) is 69.7 Å². The molecular formula is C30H36O10. The van der Waals surface area contributed by atoms with Crippen LogP contribution in [0.5, 0.6) is 0 Å². The number of aliphatic hydroxyl groups excluding tert-OH is 2. The van der Waals surface area contributed by atoms with Crippen molar-refractivity contribution in [2.75, 3.05) is 13.2 Å². The summed E-state index contributed by atoms with van der Waals surface area (Å²) in [4.78, 5) is 44.7. The monoisotopic (exact) mass is 556 g/mol. The molecule has 2 saturated carbocycles. The Morgan fingerprint density at radius 2 is 0.975 bits per heavy atom. The number of esters is 2. The molecule has 10 heteroatoms. The zero-order valence-electron chi connectivity index (χ0n) is 22.1. The largest absolute Gasteiger partial charge is 0.481 e. The molecule has 0 aliphatic heterocycles. The first-order valence-corrected chi connectivity index (χ1v) is 13.4. The van der Waals surface area contributed by atoms with Crippen molar-refractivity contribution < 1.29 is 49.1 Å².